The zero-order valence-corrected chi connectivity index (χ0v) is 48.5. The lowest BCUT2D eigenvalue weighted by atomic mass is 10.2. The lowest BCUT2D eigenvalue weighted by Crippen LogP contribution is -2.56. The molecule has 0 spiro atoms. The lowest BCUT2D eigenvalue weighted by molar-refractivity contribution is -0.352. The highest BCUT2D eigenvalue weighted by Gasteiger charge is 2.65. The van der Waals surface area contributed by atoms with Gasteiger partial charge in [-0.15, -0.1) is 13.2 Å². The number of nitrogens with zero attached hydrogens (tertiary/aromatic N) is 2. The number of benzene rings is 2. The molecule has 0 aliphatic rings. The second-order valence-electron chi connectivity index (χ2n) is 20.1. The second kappa shape index (κ2) is 26.7. The Labute approximate surface area is 410 Å². The van der Waals surface area contributed by atoms with Gasteiger partial charge in [0.05, 0.1) is 22.8 Å². The van der Waals surface area contributed by atoms with E-state index in [1.165, 1.54) is 11.3 Å². The van der Waals surface area contributed by atoms with Gasteiger partial charge in [0.15, 0.2) is 30.1 Å². The summed E-state index contributed by atoms with van der Waals surface area (Å²) in [5.41, 5.74) is 0.943. The van der Waals surface area contributed by atoms with Crippen molar-refractivity contribution in [1.82, 2.24) is 0 Å². The molecule has 0 bridgehead atoms. The van der Waals surface area contributed by atoms with Crippen molar-refractivity contribution in [3.63, 3.8) is 0 Å². The van der Waals surface area contributed by atoms with Crippen molar-refractivity contribution in [2.45, 2.75) is 147 Å². The number of hydrogen-bond acceptors (Lipinski definition) is 8. The molecule has 406 valence electrons. The number of rotatable bonds is 22. The van der Waals surface area contributed by atoms with Crippen LogP contribution in [0.15, 0.2) is 48.5 Å². The average Bonchev–Trinajstić information content (AvgIpc) is 3.19. The van der Waals surface area contributed by atoms with Gasteiger partial charge in [0.25, 0.3) is 0 Å². The molecule has 1 atom stereocenters. The first-order valence-electron chi connectivity index (χ1n) is 22.1. The van der Waals surface area contributed by atoms with Crippen LogP contribution in [0.3, 0.4) is 0 Å². The van der Waals surface area contributed by atoms with E-state index in [4.69, 9.17) is 8.23 Å². The fraction of sp³-hybridized carbons (Fsp3) is 0.667. The van der Waals surface area contributed by atoms with E-state index >= 15 is 0 Å². The Morgan fingerprint density at radius 3 is 1.30 bits per heavy atom. The number of ether oxygens (including phenoxy) is 2. The van der Waals surface area contributed by atoms with Gasteiger partial charge in [0, 0.05) is 31.9 Å². The maximum Gasteiger partial charge on any atom is 0.522 e. The van der Waals surface area contributed by atoms with Crippen LogP contribution in [0.5, 0.6) is 0 Å². The van der Waals surface area contributed by atoms with Gasteiger partial charge in [-0.05, 0) is 102 Å². The first-order valence-corrected chi connectivity index (χ1v) is 40.5. The molecule has 0 fully saturated rings. The molecule has 2 aromatic rings. The van der Waals surface area contributed by atoms with Crippen LogP contribution >= 0.6 is 0 Å². The van der Waals surface area contributed by atoms with Gasteiger partial charge in [-0.3, -0.25) is 23.5 Å². The number of carbonyl (C=O) groups is 2. The normalized spacial score (nSPS) is 14.2. The Kier molecular flexibility index (Phi) is 25.8. The molecule has 0 aromatic heterocycles. The molecule has 0 aliphatic heterocycles. The summed E-state index contributed by atoms with van der Waals surface area (Å²) in [6.07, 6.45) is -14.5. The number of alkyl halides is 12. The Morgan fingerprint density at radius 1 is 0.586 bits per heavy atom. The van der Waals surface area contributed by atoms with Gasteiger partial charge in [0.1, 0.15) is 0 Å². The summed E-state index contributed by atoms with van der Waals surface area (Å²) in [6.45, 7) is 19.5. The van der Waals surface area contributed by atoms with E-state index in [1.54, 1.807) is 37.2 Å². The highest BCUT2D eigenvalue weighted by atomic mass is 28.4. The quantitative estimate of drug-likeness (QED) is 0.0680. The smallest absolute Gasteiger partial charge is 0.436 e. The number of likely N-dealkylation sites (N-methyl/N-ethyl adjacent to an activating group) is 1. The first-order chi connectivity index (χ1) is 31.2. The van der Waals surface area contributed by atoms with Crippen molar-refractivity contribution in [2.24, 2.45) is 0 Å². The largest absolute Gasteiger partial charge is 0.522 e. The highest BCUT2D eigenvalue weighted by molar-refractivity contribution is 6.92. The molecule has 2 aromatic carbocycles. The van der Waals surface area contributed by atoms with E-state index in [9.17, 15) is 71.9 Å². The maximum atomic E-state index is 14.4. The summed E-state index contributed by atoms with van der Waals surface area (Å²) in [5.74, 6) is -6.81. The second-order valence-corrected chi connectivity index (χ2v) is 45.3. The van der Waals surface area contributed by atoms with Gasteiger partial charge in [-0.2, -0.15) is 30.7 Å². The Balaban J connectivity index is 0.00000114. The van der Waals surface area contributed by atoms with Gasteiger partial charge in [-0.1, -0.05) is 72.9 Å². The third-order valence-corrected chi connectivity index (χ3v) is 29.6. The van der Waals surface area contributed by atoms with Crippen LogP contribution in [0.25, 0.3) is 0 Å². The molecular weight excluding hydrogens is 1060 g/mol. The third kappa shape index (κ3) is 26.0. The topological polar surface area (TPSA) is 118 Å². The fourth-order valence-corrected chi connectivity index (χ4v) is 31.0. The van der Waals surface area contributed by atoms with E-state index in [0.717, 1.165) is 42.1 Å². The number of halogens is 12. The third-order valence-electron chi connectivity index (χ3n) is 10.5. The molecule has 0 heterocycles. The molecular formula is C42H72F12N2O8Si6. The predicted octanol–water partition coefficient (Wildman–Crippen LogP) is 11.4. The average molecular weight is 1130 g/mol. The lowest BCUT2D eigenvalue weighted by Gasteiger charge is -2.33. The van der Waals surface area contributed by atoms with E-state index < -0.39 is 93.8 Å². The van der Waals surface area contributed by atoms with Gasteiger partial charge >= 0.3 is 47.6 Å². The van der Waals surface area contributed by atoms with Crippen molar-refractivity contribution in [3.05, 3.63) is 48.5 Å². The predicted molar refractivity (Wildman–Crippen MR) is 265 cm³/mol. The fourth-order valence-electron chi connectivity index (χ4n) is 6.76. The highest BCUT2D eigenvalue weighted by Crippen LogP contribution is 2.38. The van der Waals surface area contributed by atoms with Crippen molar-refractivity contribution in [2.75, 3.05) is 44.0 Å². The van der Waals surface area contributed by atoms with Crippen LogP contribution < -0.4 is 20.2 Å². The number of amides is 2. The molecule has 28 heteroatoms. The van der Waals surface area contributed by atoms with Crippen LogP contribution in [0.1, 0.15) is 19.3 Å². The zero-order chi connectivity index (χ0) is 55.2. The summed E-state index contributed by atoms with van der Waals surface area (Å²) in [5, 5.41) is 2.17. The number of anilines is 2. The first kappa shape index (κ1) is 67.6. The van der Waals surface area contributed by atoms with Crippen molar-refractivity contribution in [1.29, 1.82) is 0 Å². The van der Waals surface area contributed by atoms with Crippen LogP contribution in [0, 0.1) is 0 Å². The molecule has 2 rings (SSSR count). The minimum Gasteiger partial charge on any atom is -0.436 e. The van der Waals surface area contributed by atoms with E-state index in [2.05, 4.69) is 60.9 Å². The van der Waals surface area contributed by atoms with Gasteiger partial charge in [-0.25, -0.2) is 4.39 Å². The standard InChI is InChI=1S/C20H38FNO3Si3.C19H32F5NO4Si3.C3H2F6O/c1-22(20(23)13-8-9-14-21)18-11-10-12-19(17-18)26(2,3)15-16-27(4,5)25-28(6,7)24;1-25(17(26)18(21,28-14-20)19(22,23)24)15-9-8-10-16(13-15)30(2,3)11-12-31(4,5)29-32(6,7)27;4-2(5,6)1-10-3(7,8)9/h10-12,17,24H,8-9,13-16H2,1-7H3;8-10,13,27H,11-12,14H2,1-7H3;1H2. The van der Waals surface area contributed by atoms with Crippen LogP contribution in [-0.4, -0.2) is 130 Å². The Bertz CT molecular complexity index is 1920. The van der Waals surface area contributed by atoms with Gasteiger partial charge in [0.2, 0.25) is 5.91 Å². The molecule has 0 aliphatic carbocycles. The van der Waals surface area contributed by atoms with Crippen molar-refractivity contribution >= 4 is 83.5 Å². The summed E-state index contributed by atoms with van der Waals surface area (Å²) < 4.78 is 162. The Morgan fingerprint density at radius 2 is 0.986 bits per heavy atom. The molecule has 0 saturated heterocycles. The minimum absolute atomic E-state index is 0.0298. The maximum absolute atomic E-state index is 14.4. The number of carbonyl (C=O) groups excluding carboxylic acids is 2. The molecule has 0 radical (unpaired) electrons. The number of hydrogen-bond donors (Lipinski definition) is 2. The van der Waals surface area contributed by atoms with Crippen LogP contribution in [-0.2, 0) is 27.3 Å². The van der Waals surface area contributed by atoms with Crippen molar-refractivity contribution < 1.29 is 89.6 Å². The molecule has 10 nitrogen and oxygen atoms in total. The van der Waals surface area contributed by atoms with E-state index in [1.807, 2.05) is 44.4 Å². The monoisotopic (exact) mass is 1130 g/mol. The van der Waals surface area contributed by atoms with Crippen molar-refractivity contribution in [3.8, 4) is 0 Å². The summed E-state index contributed by atoms with van der Waals surface area (Å²) in [4.78, 5) is 47.0. The molecule has 70 heavy (non-hydrogen) atoms. The summed E-state index contributed by atoms with van der Waals surface area (Å²) >= 11 is 0. The zero-order valence-electron chi connectivity index (χ0n) is 42.5. The Hall–Kier alpha value is -2.40. The number of unbranched alkanes of at least 4 members (excludes halogenated alkanes) is 1. The van der Waals surface area contributed by atoms with Gasteiger partial charge < -0.3 is 27.6 Å². The van der Waals surface area contributed by atoms with Crippen LogP contribution in [0.4, 0.5) is 64.1 Å². The summed E-state index contributed by atoms with van der Waals surface area (Å²) in [7, 11) is -10.3. The summed E-state index contributed by atoms with van der Waals surface area (Å²) in [6, 6.07) is 18.3. The SMILES string of the molecule is CN(C(=O)C(F)(OCF)C(F)(F)F)c1cccc([Si](C)(C)CC[Si](C)(C)O[Si](C)(C)O)c1.CN(C(=O)CCCCF)c1cccc([Si](C)(C)CC[Si](C)(C)O[Si](C)(C)O)c1.FC(F)(F)COC(F)(F)F. The molecule has 2 amide bonds. The van der Waals surface area contributed by atoms with Crippen LogP contribution in [0.2, 0.25) is 103 Å². The molecule has 2 N–H and O–H groups in total. The van der Waals surface area contributed by atoms with E-state index in [0.29, 0.717) is 24.2 Å². The molecule has 1 unspecified atom stereocenters. The minimum atomic E-state index is -5.74. The molecule has 0 saturated carbocycles. The van der Waals surface area contributed by atoms with E-state index in [-0.39, 0.29) is 18.3 Å².